The normalized spacial score (nSPS) is 22.2. The van der Waals surface area contributed by atoms with Crippen molar-refractivity contribution in [3.05, 3.63) is 0 Å². The molecule has 0 saturated carbocycles. The molecule has 1 aliphatic heterocycles. The van der Waals surface area contributed by atoms with Crippen LogP contribution >= 0.6 is 0 Å². The lowest BCUT2D eigenvalue weighted by atomic mass is 10.1. The van der Waals surface area contributed by atoms with Gasteiger partial charge in [0, 0.05) is 13.2 Å². The Balaban J connectivity index is 1.83. The molecule has 0 aromatic carbocycles. The van der Waals surface area contributed by atoms with Crippen LogP contribution < -0.4 is 5.32 Å². The first-order chi connectivity index (χ1) is 7.29. The maximum atomic E-state index is 5.70. The first-order valence-corrected chi connectivity index (χ1v) is 6.19. The van der Waals surface area contributed by atoms with Gasteiger partial charge in [-0.25, -0.2) is 0 Å². The van der Waals surface area contributed by atoms with Crippen molar-refractivity contribution in [2.75, 3.05) is 32.9 Å². The largest absolute Gasteiger partial charge is 0.379 e. The fraction of sp³-hybridized carbons (Fsp3) is 1.00. The zero-order valence-electron chi connectivity index (χ0n) is 10.1. The minimum absolute atomic E-state index is 0.410. The van der Waals surface area contributed by atoms with Crippen molar-refractivity contribution in [3.8, 4) is 0 Å². The van der Waals surface area contributed by atoms with Crippen molar-refractivity contribution in [2.24, 2.45) is 5.92 Å². The predicted molar refractivity (Wildman–Crippen MR) is 62.1 cm³/mol. The fourth-order valence-corrected chi connectivity index (χ4v) is 1.66. The van der Waals surface area contributed by atoms with Crippen molar-refractivity contribution in [1.82, 2.24) is 5.32 Å². The molecular formula is C12H25NO2. The third-order valence-electron chi connectivity index (χ3n) is 2.67. The quantitative estimate of drug-likeness (QED) is 0.657. The van der Waals surface area contributed by atoms with Gasteiger partial charge in [0.15, 0.2) is 0 Å². The molecule has 0 radical (unpaired) electrons. The number of hydrogen-bond acceptors (Lipinski definition) is 3. The van der Waals surface area contributed by atoms with E-state index in [-0.39, 0.29) is 0 Å². The van der Waals surface area contributed by atoms with Crippen LogP contribution in [0.15, 0.2) is 0 Å². The molecule has 3 nitrogen and oxygen atoms in total. The van der Waals surface area contributed by atoms with E-state index in [9.17, 15) is 0 Å². The summed E-state index contributed by atoms with van der Waals surface area (Å²) >= 11 is 0. The van der Waals surface area contributed by atoms with E-state index in [1.54, 1.807) is 0 Å². The summed E-state index contributed by atoms with van der Waals surface area (Å²) in [7, 11) is 0. The Labute approximate surface area is 93.5 Å². The van der Waals surface area contributed by atoms with Gasteiger partial charge in [0.2, 0.25) is 0 Å². The second-order valence-corrected chi connectivity index (χ2v) is 4.63. The van der Waals surface area contributed by atoms with E-state index in [1.165, 1.54) is 12.8 Å². The smallest absolute Gasteiger partial charge is 0.0704 e. The van der Waals surface area contributed by atoms with Gasteiger partial charge < -0.3 is 14.8 Å². The van der Waals surface area contributed by atoms with Crippen molar-refractivity contribution in [3.63, 3.8) is 0 Å². The maximum absolute atomic E-state index is 5.70. The fourth-order valence-electron chi connectivity index (χ4n) is 1.66. The highest BCUT2D eigenvalue weighted by molar-refractivity contribution is 4.68. The lowest BCUT2D eigenvalue weighted by Crippen LogP contribution is -2.35. The minimum atomic E-state index is 0.410. The van der Waals surface area contributed by atoms with Gasteiger partial charge in [0.1, 0.15) is 0 Å². The third kappa shape index (κ3) is 6.88. The van der Waals surface area contributed by atoms with Crippen LogP contribution in [0, 0.1) is 5.92 Å². The van der Waals surface area contributed by atoms with Crippen LogP contribution in [0.1, 0.15) is 33.1 Å². The summed E-state index contributed by atoms with van der Waals surface area (Å²) in [5.74, 6) is 0.730. The lowest BCUT2D eigenvalue weighted by Gasteiger charge is -2.22. The number of piperidine rings is 1. The number of nitrogens with one attached hydrogen (secondary N) is 1. The van der Waals surface area contributed by atoms with E-state index < -0.39 is 0 Å². The summed E-state index contributed by atoms with van der Waals surface area (Å²) in [6.07, 6.45) is 3.98. The standard InChI is InChI=1S/C12H25NO2/c1-11(2)5-7-14-8-9-15-12-4-3-6-13-10-12/h11-13H,3-10H2,1-2H3. The predicted octanol–water partition coefficient (Wildman–Crippen LogP) is 1.82. The SMILES string of the molecule is CC(C)CCOCCOC1CCCNC1. The molecule has 1 atom stereocenters. The molecule has 3 heteroatoms. The van der Waals surface area contributed by atoms with Crippen LogP contribution in [0.25, 0.3) is 0 Å². The molecule has 15 heavy (non-hydrogen) atoms. The second kappa shape index (κ2) is 8.08. The van der Waals surface area contributed by atoms with E-state index in [1.807, 2.05) is 0 Å². The molecule has 1 N–H and O–H groups in total. The Morgan fingerprint density at radius 2 is 2.13 bits per heavy atom. The van der Waals surface area contributed by atoms with Crippen molar-refractivity contribution >= 4 is 0 Å². The summed E-state index contributed by atoms with van der Waals surface area (Å²) in [6, 6.07) is 0. The zero-order valence-corrected chi connectivity index (χ0v) is 10.1. The molecule has 90 valence electrons. The van der Waals surface area contributed by atoms with E-state index in [2.05, 4.69) is 19.2 Å². The van der Waals surface area contributed by atoms with E-state index in [0.717, 1.165) is 45.2 Å². The topological polar surface area (TPSA) is 30.5 Å². The molecule has 1 aliphatic rings. The summed E-state index contributed by atoms with van der Waals surface area (Å²) < 4.78 is 11.2. The summed E-state index contributed by atoms with van der Waals surface area (Å²) in [5.41, 5.74) is 0. The average Bonchev–Trinajstić information content (AvgIpc) is 2.24. The first-order valence-electron chi connectivity index (χ1n) is 6.19. The minimum Gasteiger partial charge on any atom is -0.379 e. The molecule has 1 saturated heterocycles. The second-order valence-electron chi connectivity index (χ2n) is 4.63. The van der Waals surface area contributed by atoms with Gasteiger partial charge in [-0.1, -0.05) is 13.8 Å². The molecule has 0 aromatic rings. The van der Waals surface area contributed by atoms with Crippen LogP contribution in [0.5, 0.6) is 0 Å². The Hall–Kier alpha value is -0.120. The highest BCUT2D eigenvalue weighted by atomic mass is 16.5. The monoisotopic (exact) mass is 215 g/mol. The van der Waals surface area contributed by atoms with Crippen LogP contribution in [0.4, 0.5) is 0 Å². The van der Waals surface area contributed by atoms with Crippen LogP contribution in [0.2, 0.25) is 0 Å². The van der Waals surface area contributed by atoms with Crippen LogP contribution in [-0.4, -0.2) is 39.0 Å². The Morgan fingerprint density at radius 1 is 1.27 bits per heavy atom. The molecule has 1 unspecified atom stereocenters. The first kappa shape index (κ1) is 12.9. The molecule has 0 bridgehead atoms. The molecule has 0 amide bonds. The van der Waals surface area contributed by atoms with Crippen molar-refractivity contribution in [1.29, 1.82) is 0 Å². The van der Waals surface area contributed by atoms with E-state index in [0.29, 0.717) is 6.10 Å². The van der Waals surface area contributed by atoms with Gasteiger partial charge in [0.25, 0.3) is 0 Å². The van der Waals surface area contributed by atoms with Gasteiger partial charge in [-0.15, -0.1) is 0 Å². The molecule has 0 aromatic heterocycles. The van der Waals surface area contributed by atoms with Gasteiger partial charge in [0.05, 0.1) is 19.3 Å². The number of rotatable bonds is 7. The molecule has 0 spiro atoms. The van der Waals surface area contributed by atoms with E-state index >= 15 is 0 Å². The van der Waals surface area contributed by atoms with Crippen molar-refractivity contribution in [2.45, 2.75) is 39.2 Å². The summed E-state index contributed by atoms with van der Waals surface area (Å²) in [5, 5.41) is 3.34. The summed E-state index contributed by atoms with van der Waals surface area (Å²) in [4.78, 5) is 0. The maximum Gasteiger partial charge on any atom is 0.0704 e. The molecular weight excluding hydrogens is 190 g/mol. The van der Waals surface area contributed by atoms with Gasteiger partial charge in [-0.05, 0) is 31.7 Å². The number of ether oxygens (including phenoxy) is 2. The zero-order chi connectivity index (χ0) is 10.9. The summed E-state index contributed by atoms with van der Waals surface area (Å²) in [6.45, 7) is 8.93. The molecule has 1 rings (SSSR count). The Kier molecular flexibility index (Phi) is 6.98. The lowest BCUT2D eigenvalue weighted by molar-refractivity contribution is -0.00587. The molecule has 0 aliphatic carbocycles. The average molecular weight is 215 g/mol. The highest BCUT2D eigenvalue weighted by Crippen LogP contribution is 2.05. The van der Waals surface area contributed by atoms with Crippen LogP contribution in [-0.2, 0) is 9.47 Å². The van der Waals surface area contributed by atoms with Gasteiger partial charge in [-0.2, -0.15) is 0 Å². The van der Waals surface area contributed by atoms with Crippen LogP contribution in [0.3, 0.4) is 0 Å². The van der Waals surface area contributed by atoms with Gasteiger partial charge >= 0.3 is 0 Å². The van der Waals surface area contributed by atoms with Crippen molar-refractivity contribution < 1.29 is 9.47 Å². The third-order valence-corrected chi connectivity index (χ3v) is 2.67. The molecule has 1 fully saturated rings. The highest BCUT2D eigenvalue weighted by Gasteiger charge is 2.12. The molecule has 1 heterocycles. The van der Waals surface area contributed by atoms with Gasteiger partial charge in [-0.3, -0.25) is 0 Å². The Bertz CT molecular complexity index is 145. The number of hydrogen-bond donors (Lipinski definition) is 1. The van der Waals surface area contributed by atoms with E-state index in [4.69, 9.17) is 9.47 Å². The Morgan fingerprint density at radius 3 is 2.80 bits per heavy atom.